The molecule has 1 rings (SSSR count). The van der Waals surface area contributed by atoms with Crippen LogP contribution in [0.5, 0.6) is 0 Å². The summed E-state index contributed by atoms with van der Waals surface area (Å²) in [6.45, 7) is 10.2. The Hall–Kier alpha value is -3.14. The van der Waals surface area contributed by atoms with Gasteiger partial charge in [0.25, 0.3) is 0 Å². The number of nitrogens with one attached hydrogen (secondary N) is 2. The van der Waals surface area contributed by atoms with Crippen molar-refractivity contribution in [2.45, 2.75) is 91.3 Å². The van der Waals surface area contributed by atoms with E-state index in [9.17, 15) is 24.3 Å². The molecule has 2 atom stereocenters. The number of aliphatic hydroxyl groups excluding tert-OH is 1. The fraction of sp³-hybridized carbons (Fsp3) is 0.643. The molecule has 0 aliphatic carbocycles. The average molecular weight is 536 g/mol. The summed E-state index contributed by atoms with van der Waals surface area (Å²) >= 11 is 0. The molecule has 0 aromatic heterocycles. The molecule has 0 heterocycles. The summed E-state index contributed by atoms with van der Waals surface area (Å²) in [6, 6.07) is 3.01. The lowest BCUT2D eigenvalue weighted by Gasteiger charge is -2.34. The third-order valence-electron chi connectivity index (χ3n) is 6.00. The first-order chi connectivity index (χ1) is 17.8. The van der Waals surface area contributed by atoms with Crippen LogP contribution < -0.4 is 10.6 Å². The summed E-state index contributed by atoms with van der Waals surface area (Å²) in [6.07, 6.45) is 3.67. The minimum atomic E-state index is -1.33. The molecule has 2 unspecified atom stereocenters. The first kappa shape index (κ1) is 32.9. The van der Waals surface area contributed by atoms with E-state index in [-0.39, 0.29) is 13.1 Å². The van der Waals surface area contributed by atoms with Crippen molar-refractivity contribution in [1.82, 2.24) is 15.5 Å². The van der Waals surface area contributed by atoms with E-state index < -0.39 is 48.2 Å². The van der Waals surface area contributed by atoms with Gasteiger partial charge < -0.3 is 30.1 Å². The lowest BCUT2D eigenvalue weighted by atomic mass is 9.98. The number of hydrogen-bond donors (Lipinski definition) is 3. The number of carbonyl (C=O) groups excluding carboxylic acids is 4. The van der Waals surface area contributed by atoms with Gasteiger partial charge in [-0.1, -0.05) is 50.8 Å². The Morgan fingerprint density at radius 2 is 1.68 bits per heavy atom. The number of rotatable bonds is 14. The predicted octanol–water partition coefficient (Wildman–Crippen LogP) is 3.32. The van der Waals surface area contributed by atoms with Gasteiger partial charge in [-0.25, -0.2) is 4.79 Å². The van der Waals surface area contributed by atoms with E-state index in [0.717, 1.165) is 36.8 Å². The molecule has 0 fully saturated rings. The van der Waals surface area contributed by atoms with Crippen LogP contribution in [0.15, 0.2) is 18.2 Å². The lowest BCUT2D eigenvalue weighted by Crippen LogP contribution is -2.54. The van der Waals surface area contributed by atoms with Gasteiger partial charge in [0.1, 0.15) is 24.2 Å². The Kier molecular flexibility index (Phi) is 13.8. The third kappa shape index (κ3) is 11.1. The zero-order valence-electron chi connectivity index (χ0n) is 23.9. The summed E-state index contributed by atoms with van der Waals surface area (Å²) in [4.78, 5) is 52.8. The Bertz CT molecular complexity index is 943. The molecule has 3 N–H and O–H groups in total. The standard InChI is InChI=1S/C28H45N3O7/c1-8-9-10-11-12-15-31(26(35)22(18-32)30-27(36)38-28(4,5)6)24(25(34)29-17-23(33)37-7)21-14-13-19(2)20(3)16-21/h13-14,16,22,24,32H,8-12,15,17-18H2,1-7H3,(H,29,34)(H,30,36). The number of alkyl carbamates (subject to hydrolysis) is 1. The summed E-state index contributed by atoms with van der Waals surface area (Å²) in [5, 5.41) is 15.0. The molecule has 0 saturated heterocycles. The highest BCUT2D eigenvalue weighted by Gasteiger charge is 2.36. The van der Waals surface area contributed by atoms with Crippen molar-refractivity contribution in [1.29, 1.82) is 0 Å². The fourth-order valence-corrected chi connectivity index (χ4v) is 3.82. The largest absolute Gasteiger partial charge is 0.468 e. The monoisotopic (exact) mass is 535 g/mol. The number of benzene rings is 1. The second-order valence-corrected chi connectivity index (χ2v) is 10.4. The van der Waals surface area contributed by atoms with Crippen LogP contribution in [0.1, 0.15) is 82.5 Å². The maximum atomic E-state index is 13.8. The van der Waals surface area contributed by atoms with Gasteiger partial charge in [-0.15, -0.1) is 0 Å². The van der Waals surface area contributed by atoms with Gasteiger partial charge in [-0.2, -0.15) is 0 Å². The zero-order valence-corrected chi connectivity index (χ0v) is 23.9. The van der Waals surface area contributed by atoms with Gasteiger partial charge in [-0.3, -0.25) is 14.4 Å². The molecule has 1 aromatic carbocycles. The number of amides is 3. The molecule has 214 valence electrons. The van der Waals surface area contributed by atoms with E-state index in [1.54, 1.807) is 26.8 Å². The molecule has 0 aliphatic rings. The number of methoxy groups -OCH3 is 1. The first-order valence-electron chi connectivity index (χ1n) is 13.2. The van der Waals surface area contributed by atoms with E-state index in [1.165, 1.54) is 12.0 Å². The third-order valence-corrected chi connectivity index (χ3v) is 6.00. The second kappa shape index (κ2) is 16.0. The molecule has 10 nitrogen and oxygen atoms in total. The van der Waals surface area contributed by atoms with Crippen LogP contribution in [-0.4, -0.2) is 72.3 Å². The second-order valence-electron chi connectivity index (χ2n) is 10.4. The quantitative estimate of drug-likeness (QED) is 0.246. The first-order valence-corrected chi connectivity index (χ1v) is 13.2. The Morgan fingerprint density at radius 3 is 2.24 bits per heavy atom. The average Bonchev–Trinajstić information content (AvgIpc) is 2.85. The molecule has 0 saturated carbocycles. The van der Waals surface area contributed by atoms with E-state index in [4.69, 9.17) is 4.74 Å². The van der Waals surface area contributed by atoms with Crippen molar-refractivity contribution in [2.24, 2.45) is 0 Å². The molecule has 0 bridgehead atoms. The molecule has 1 aromatic rings. The molecule has 0 aliphatic heterocycles. The fourth-order valence-electron chi connectivity index (χ4n) is 3.82. The number of hydrogen-bond acceptors (Lipinski definition) is 7. The van der Waals surface area contributed by atoms with Crippen LogP contribution >= 0.6 is 0 Å². The smallest absolute Gasteiger partial charge is 0.408 e. The molecular formula is C28H45N3O7. The predicted molar refractivity (Wildman–Crippen MR) is 144 cm³/mol. The van der Waals surface area contributed by atoms with Crippen LogP contribution in [0, 0.1) is 13.8 Å². The molecule has 38 heavy (non-hydrogen) atoms. The molecule has 10 heteroatoms. The van der Waals surface area contributed by atoms with Crippen molar-refractivity contribution >= 4 is 23.9 Å². The van der Waals surface area contributed by atoms with Crippen molar-refractivity contribution < 1.29 is 33.8 Å². The normalized spacial score (nSPS) is 12.7. The summed E-state index contributed by atoms with van der Waals surface area (Å²) in [5.74, 6) is -1.84. The SMILES string of the molecule is CCCCCCCN(C(=O)C(CO)NC(=O)OC(C)(C)C)C(C(=O)NCC(=O)OC)c1ccc(C)c(C)c1. The molecular weight excluding hydrogens is 490 g/mol. The summed E-state index contributed by atoms with van der Waals surface area (Å²) in [5.41, 5.74) is 1.68. The molecule has 0 spiro atoms. The van der Waals surface area contributed by atoms with Gasteiger partial charge >= 0.3 is 12.1 Å². The minimum Gasteiger partial charge on any atom is -0.468 e. The Balaban J connectivity index is 3.42. The van der Waals surface area contributed by atoms with Gasteiger partial charge in [0, 0.05) is 6.54 Å². The maximum absolute atomic E-state index is 13.8. The lowest BCUT2D eigenvalue weighted by molar-refractivity contribution is -0.145. The van der Waals surface area contributed by atoms with Crippen molar-refractivity contribution in [3.05, 3.63) is 34.9 Å². The topological polar surface area (TPSA) is 134 Å². The van der Waals surface area contributed by atoms with Crippen molar-refractivity contribution in [3.63, 3.8) is 0 Å². The Morgan fingerprint density at radius 1 is 1.03 bits per heavy atom. The van der Waals surface area contributed by atoms with Gasteiger partial charge in [0.15, 0.2) is 0 Å². The van der Waals surface area contributed by atoms with Crippen LogP contribution in [0.2, 0.25) is 0 Å². The van der Waals surface area contributed by atoms with Crippen LogP contribution in [0.25, 0.3) is 0 Å². The van der Waals surface area contributed by atoms with Gasteiger partial charge in [0.05, 0.1) is 13.7 Å². The highest BCUT2D eigenvalue weighted by Crippen LogP contribution is 2.25. The summed E-state index contributed by atoms with van der Waals surface area (Å²) < 4.78 is 9.90. The Labute approximate surface area is 226 Å². The number of nitrogens with zero attached hydrogens (tertiary/aromatic N) is 1. The van der Waals surface area contributed by atoms with Crippen molar-refractivity contribution in [3.8, 4) is 0 Å². The number of unbranched alkanes of at least 4 members (excludes halogenated alkanes) is 4. The van der Waals surface area contributed by atoms with E-state index in [0.29, 0.717) is 12.0 Å². The number of aryl methyl sites for hydroxylation is 2. The minimum absolute atomic E-state index is 0.207. The maximum Gasteiger partial charge on any atom is 0.408 e. The molecule has 0 radical (unpaired) electrons. The van der Waals surface area contributed by atoms with Crippen LogP contribution in [0.4, 0.5) is 4.79 Å². The highest BCUT2D eigenvalue weighted by atomic mass is 16.6. The highest BCUT2D eigenvalue weighted by molar-refractivity contribution is 5.93. The number of ether oxygens (including phenoxy) is 2. The number of carbonyl (C=O) groups is 4. The van der Waals surface area contributed by atoms with Crippen LogP contribution in [-0.2, 0) is 23.9 Å². The van der Waals surface area contributed by atoms with E-state index in [1.807, 2.05) is 26.0 Å². The van der Waals surface area contributed by atoms with Gasteiger partial charge in [0.2, 0.25) is 11.8 Å². The van der Waals surface area contributed by atoms with Gasteiger partial charge in [-0.05, 0) is 57.7 Å². The number of aliphatic hydroxyl groups is 1. The van der Waals surface area contributed by atoms with E-state index >= 15 is 0 Å². The van der Waals surface area contributed by atoms with Crippen LogP contribution in [0.3, 0.4) is 0 Å². The number of esters is 1. The van der Waals surface area contributed by atoms with Crippen molar-refractivity contribution in [2.75, 3.05) is 26.8 Å². The zero-order chi connectivity index (χ0) is 28.9. The molecule has 3 amide bonds. The summed E-state index contributed by atoms with van der Waals surface area (Å²) in [7, 11) is 1.22. The van der Waals surface area contributed by atoms with E-state index in [2.05, 4.69) is 22.3 Å².